The molecular weight excluding hydrogens is 247 g/mol. The molecule has 1 aromatic rings. The zero-order valence-electron chi connectivity index (χ0n) is 9.70. The number of hydrogen-bond acceptors (Lipinski definition) is 3. The van der Waals surface area contributed by atoms with Crippen molar-refractivity contribution in [2.75, 3.05) is 0 Å². The first kappa shape index (κ1) is 14.2. The number of oxime groups is 1. The van der Waals surface area contributed by atoms with E-state index in [0.29, 0.717) is 12.0 Å². The van der Waals surface area contributed by atoms with Crippen LogP contribution in [0.15, 0.2) is 29.4 Å². The predicted molar refractivity (Wildman–Crippen MR) is 60.0 cm³/mol. The molecule has 0 amide bonds. The summed E-state index contributed by atoms with van der Waals surface area (Å²) in [5.41, 5.74) is -0.310. The van der Waals surface area contributed by atoms with E-state index in [1.807, 2.05) is 6.92 Å². The highest BCUT2D eigenvalue weighted by molar-refractivity contribution is 5.80. The molecule has 1 aromatic carbocycles. The number of rotatable bonds is 4. The lowest BCUT2D eigenvalue weighted by Gasteiger charge is -2.05. The fourth-order valence-corrected chi connectivity index (χ4v) is 1.15. The summed E-state index contributed by atoms with van der Waals surface area (Å²) in [6, 6.07) is 4.38. The lowest BCUT2D eigenvalue weighted by atomic mass is 10.1. The highest BCUT2D eigenvalue weighted by Gasteiger charge is 2.29. The van der Waals surface area contributed by atoms with Gasteiger partial charge in [-0.25, -0.2) is 4.79 Å². The van der Waals surface area contributed by atoms with Crippen LogP contribution >= 0.6 is 0 Å². The van der Waals surface area contributed by atoms with Crippen molar-refractivity contribution in [1.82, 2.24) is 0 Å². The van der Waals surface area contributed by atoms with Gasteiger partial charge in [0.15, 0.2) is 0 Å². The largest absolute Gasteiger partial charge is 0.416 e. The fraction of sp³-hybridized carbons (Fsp3) is 0.333. The Morgan fingerprint density at radius 2 is 1.94 bits per heavy atom. The Kier molecular flexibility index (Phi) is 4.88. The number of carbonyl (C=O) groups excluding carboxylic acids is 1. The minimum absolute atomic E-state index is 0.254. The van der Waals surface area contributed by atoms with Crippen molar-refractivity contribution >= 4 is 12.2 Å². The molecule has 0 spiro atoms. The topological polar surface area (TPSA) is 38.7 Å². The molecule has 1 rings (SSSR count). The Hall–Kier alpha value is -1.85. The third kappa shape index (κ3) is 4.57. The Balaban J connectivity index is 2.59. The van der Waals surface area contributed by atoms with Crippen LogP contribution in [0.25, 0.3) is 0 Å². The van der Waals surface area contributed by atoms with Crippen molar-refractivity contribution in [3.63, 3.8) is 0 Å². The molecule has 0 aliphatic rings. The molecule has 6 heteroatoms. The lowest BCUT2D eigenvalue weighted by molar-refractivity contribution is -0.143. The van der Waals surface area contributed by atoms with E-state index in [1.54, 1.807) is 0 Å². The first-order chi connectivity index (χ1) is 8.43. The maximum Gasteiger partial charge on any atom is 0.416 e. The van der Waals surface area contributed by atoms with Crippen LogP contribution in [0.4, 0.5) is 13.2 Å². The lowest BCUT2D eigenvalue weighted by Crippen LogP contribution is -2.04. The van der Waals surface area contributed by atoms with E-state index in [9.17, 15) is 18.0 Å². The van der Waals surface area contributed by atoms with Gasteiger partial charge < -0.3 is 4.84 Å². The van der Waals surface area contributed by atoms with Gasteiger partial charge in [0.25, 0.3) is 0 Å². The molecule has 0 aliphatic heterocycles. The molecule has 0 saturated carbocycles. The molecule has 0 aromatic heterocycles. The SMILES string of the molecule is CCCC(=O)O/N=C/c1ccc(C(F)(F)F)cc1. The molecule has 0 bridgehead atoms. The smallest absolute Gasteiger partial charge is 0.318 e. The van der Waals surface area contributed by atoms with Crippen LogP contribution in [-0.4, -0.2) is 12.2 Å². The number of halogens is 3. The molecule has 0 N–H and O–H groups in total. The Bertz CT molecular complexity index is 424. The normalized spacial score (nSPS) is 11.8. The zero-order chi connectivity index (χ0) is 13.6. The number of carbonyl (C=O) groups is 1. The summed E-state index contributed by atoms with van der Waals surface area (Å²) >= 11 is 0. The van der Waals surface area contributed by atoms with Crippen molar-refractivity contribution in [3.8, 4) is 0 Å². The van der Waals surface area contributed by atoms with E-state index in [1.165, 1.54) is 18.3 Å². The summed E-state index contributed by atoms with van der Waals surface area (Å²) in [6.45, 7) is 1.82. The predicted octanol–water partition coefficient (Wildman–Crippen LogP) is 3.38. The maximum absolute atomic E-state index is 12.3. The van der Waals surface area contributed by atoms with Crippen LogP contribution in [0.5, 0.6) is 0 Å². The molecule has 0 aliphatic carbocycles. The maximum atomic E-state index is 12.3. The summed E-state index contributed by atoms with van der Waals surface area (Å²) in [4.78, 5) is 15.4. The van der Waals surface area contributed by atoms with Crippen molar-refractivity contribution in [2.45, 2.75) is 25.9 Å². The van der Waals surface area contributed by atoms with Gasteiger partial charge in [-0.3, -0.25) is 0 Å². The van der Waals surface area contributed by atoms with Crippen LogP contribution in [0.3, 0.4) is 0 Å². The van der Waals surface area contributed by atoms with E-state index in [0.717, 1.165) is 12.1 Å². The molecule has 0 saturated heterocycles. The Labute approximate surface area is 102 Å². The number of nitrogens with zero attached hydrogens (tertiary/aromatic N) is 1. The fourth-order valence-electron chi connectivity index (χ4n) is 1.15. The minimum atomic E-state index is -4.36. The van der Waals surface area contributed by atoms with Gasteiger partial charge in [-0.2, -0.15) is 13.2 Å². The van der Waals surface area contributed by atoms with Gasteiger partial charge in [0.1, 0.15) is 0 Å². The van der Waals surface area contributed by atoms with E-state index < -0.39 is 17.7 Å². The van der Waals surface area contributed by atoms with Crippen LogP contribution < -0.4 is 0 Å². The van der Waals surface area contributed by atoms with Crippen molar-refractivity contribution < 1.29 is 22.8 Å². The quantitative estimate of drug-likeness (QED) is 0.472. The molecule has 0 heterocycles. The minimum Gasteiger partial charge on any atom is -0.318 e. The Morgan fingerprint density at radius 1 is 1.33 bits per heavy atom. The van der Waals surface area contributed by atoms with Crippen LogP contribution in [0.1, 0.15) is 30.9 Å². The first-order valence-corrected chi connectivity index (χ1v) is 5.34. The molecule has 0 radical (unpaired) electrons. The highest BCUT2D eigenvalue weighted by atomic mass is 19.4. The standard InChI is InChI=1S/C12H12F3NO2/c1-2-3-11(17)18-16-8-9-4-6-10(7-5-9)12(13,14)15/h4-8H,2-3H2,1H3/b16-8+. The summed E-state index contributed by atoms with van der Waals surface area (Å²) in [6.07, 6.45) is -2.27. The molecule has 0 fully saturated rings. The number of hydrogen-bond donors (Lipinski definition) is 0. The second-order valence-corrected chi connectivity index (χ2v) is 3.57. The van der Waals surface area contributed by atoms with Crippen molar-refractivity contribution in [2.24, 2.45) is 5.16 Å². The molecule has 3 nitrogen and oxygen atoms in total. The third-order valence-electron chi connectivity index (χ3n) is 2.05. The average molecular weight is 259 g/mol. The highest BCUT2D eigenvalue weighted by Crippen LogP contribution is 2.28. The summed E-state index contributed by atoms with van der Waals surface area (Å²) in [5.74, 6) is -0.472. The monoisotopic (exact) mass is 259 g/mol. The van der Waals surface area contributed by atoms with Crippen LogP contribution in [0, 0.1) is 0 Å². The first-order valence-electron chi connectivity index (χ1n) is 5.34. The van der Waals surface area contributed by atoms with Gasteiger partial charge in [0.2, 0.25) is 0 Å². The average Bonchev–Trinajstić information content (AvgIpc) is 2.29. The number of alkyl halides is 3. The molecule has 98 valence electrons. The second kappa shape index (κ2) is 6.18. The Morgan fingerprint density at radius 3 is 2.44 bits per heavy atom. The van der Waals surface area contributed by atoms with Gasteiger partial charge in [-0.15, -0.1) is 0 Å². The van der Waals surface area contributed by atoms with Crippen molar-refractivity contribution in [3.05, 3.63) is 35.4 Å². The summed E-state index contributed by atoms with van der Waals surface area (Å²) in [7, 11) is 0. The van der Waals surface area contributed by atoms with E-state index >= 15 is 0 Å². The van der Waals surface area contributed by atoms with Gasteiger partial charge in [0, 0.05) is 6.42 Å². The molecule has 18 heavy (non-hydrogen) atoms. The second-order valence-electron chi connectivity index (χ2n) is 3.57. The van der Waals surface area contributed by atoms with Crippen LogP contribution in [-0.2, 0) is 15.8 Å². The molecule has 0 atom stereocenters. The van der Waals surface area contributed by atoms with Gasteiger partial charge in [-0.1, -0.05) is 24.2 Å². The van der Waals surface area contributed by atoms with Gasteiger partial charge in [0.05, 0.1) is 11.8 Å². The molecular formula is C12H12F3NO2. The van der Waals surface area contributed by atoms with E-state index in [2.05, 4.69) is 9.99 Å². The van der Waals surface area contributed by atoms with Gasteiger partial charge >= 0.3 is 12.1 Å². The van der Waals surface area contributed by atoms with E-state index in [4.69, 9.17) is 0 Å². The van der Waals surface area contributed by atoms with E-state index in [-0.39, 0.29) is 6.42 Å². The van der Waals surface area contributed by atoms with Gasteiger partial charge in [-0.05, 0) is 24.1 Å². The summed E-state index contributed by atoms with van der Waals surface area (Å²) in [5, 5.41) is 3.40. The number of benzene rings is 1. The third-order valence-corrected chi connectivity index (χ3v) is 2.05. The van der Waals surface area contributed by atoms with Crippen LogP contribution in [0.2, 0.25) is 0 Å². The van der Waals surface area contributed by atoms with Crippen molar-refractivity contribution in [1.29, 1.82) is 0 Å². The molecule has 0 unspecified atom stereocenters. The zero-order valence-corrected chi connectivity index (χ0v) is 9.70. The summed E-state index contributed by atoms with van der Waals surface area (Å²) < 4.78 is 36.8.